The first-order valence-electron chi connectivity index (χ1n) is 8.61. The lowest BCUT2D eigenvalue weighted by molar-refractivity contribution is -0.164. The molecule has 1 aromatic carbocycles. The number of hydrazone groups is 1. The fraction of sp³-hybridized carbons (Fsp3) is 0.368. The van der Waals surface area contributed by atoms with Crippen molar-refractivity contribution in [3.63, 3.8) is 0 Å². The topological polar surface area (TPSA) is 75.3 Å². The van der Waals surface area contributed by atoms with Crippen molar-refractivity contribution in [2.75, 3.05) is 0 Å². The third-order valence-corrected chi connectivity index (χ3v) is 4.42. The number of carbonyl (C=O) groups is 1. The number of hydrogen-bond acceptors (Lipinski definition) is 5. The maximum absolute atomic E-state index is 13.3. The standard InChI is InChI=1S/C19H18F4N2O4/c1-10-3-4-11(2)15(7-10)28-9-12-5-6-14(29-12)17(26)25-19(27,18(22)23)8-13(24-25)16(20)21/h3-7,16,18,27H,8-9H2,1-2H3/t19-/m1/s1. The molecule has 0 radical (unpaired) electrons. The molecule has 1 aliphatic heterocycles. The van der Waals surface area contributed by atoms with Crippen LogP contribution in [0, 0.1) is 13.8 Å². The Morgan fingerprint density at radius 3 is 2.66 bits per heavy atom. The van der Waals surface area contributed by atoms with Gasteiger partial charge in [-0.25, -0.2) is 17.6 Å². The number of halogens is 4. The summed E-state index contributed by atoms with van der Waals surface area (Å²) in [5, 5.41) is 13.2. The third kappa shape index (κ3) is 4.12. The molecule has 0 spiro atoms. The molecule has 2 aromatic rings. The summed E-state index contributed by atoms with van der Waals surface area (Å²) < 4.78 is 63.1. The number of hydrogen-bond donors (Lipinski definition) is 1. The minimum atomic E-state index is -3.51. The summed E-state index contributed by atoms with van der Waals surface area (Å²) in [4.78, 5) is 12.5. The minimum Gasteiger partial charge on any atom is -0.485 e. The summed E-state index contributed by atoms with van der Waals surface area (Å²) in [6.07, 6.45) is -7.85. The molecule has 0 unspecified atom stereocenters. The monoisotopic (exact) mass is 414 g/mol. The summed E-state index contributed by atoms with van der Waals surface area (Å²) >= 11 is 0. The van der Waals surface area contributed by atoms with E-state index in [0.29, 0.717) is 5.75 Å². The summed E-state index contributed by atoms with van der Waals surface area (Å²) in [6.45, 7) is 3.69. The molecule has 156 valence electrons. The molecule has 6 nitrogen and oxygen atoms in total. The molecular weight excluding hydrogens is 396 g/mol. The van der Waals surface area contributed by atoms with E-state index in [9.17, 15) is 27.5 Å². The molecule has 1 aliphatic rings. The number of ether oxygens (including phenoxy) is 1. The Kier molecular flexibility index (Phi) is 5.65. The van der Waals surface area contributed by atoms with E-state index in [-0.39, 0.29) is 17.4 Å². The van der Waals surface area contributed by atoms with Gasteiger partial charge < -0.3 is 14.3 Å². The Hall–Kier alpha value is -2.88. The van der Waals surface area contributed by atoms with Gasteiger partial charge in [0.05, 0.1) is 0 Å². The van der Waals surface area contributed by atoms with E-state index >= 15 is 0 Å². The van der Waals surface area contributed by atoms with Crippen molar-refractivity contribution in [1.29, 1.82) is 0 Å². The zero-order valence-electron chi connectivity index (χ0n) is 15.5. The number of amides is 1. The fourth-order valence-electron chi connectivity index (χ4n) is 2.79. The second-order valence-electron chi connectivity index (χ2n) is 6.69. The predicted molar refractivity (Wildman–Crippen MR) is 94.1 cm³/mol. The molecule has 0 saturated carbocycles. The van der Waals surface area contributed by atoms with Gasteiger partial charge in [0.2, 0.25) is 5.72 Å². The highest BCUT2D eigenvalue weighted by Gasteiger charge is 2.53. The van der Waals surface area contributed by atoms with Crippen molar-refractivity contribution in [1.82, 2.24) is 5.01 Å². The summed E-state index contributed by atoms with van der Waals surface area (Å²) in [5.74, 6) is -0.900. The zero-order chi connectivity index (χ0) is 21.3. The van der Waals surface area contributed by atoms with Gasteiger partial charge in [-0.1, -0.05) is 12.1 Å². The fourth-order valence-corrected chi connectivity index (χ4v) is 2.79. The normalized spacial score (nSPS) is 19.2. The number of alkyl halides is 4. The molecule has 29 heavy (non-hydrogen) atoms. The Morgan fingerprint density at radius 2 is 2.00 bits per heavy atom. The van der Waals surface area contributed by atoms with E-state index in [1.807, 2.05) is 32.0 Å². The summed E-state index contributed by atoms with van der Waals surface area (Å²) in [6, 6.07) is 8.16. The molecule has 1 atom stereocenters. The number of aryl methyl sites for hydroxylation is 2. The van der Waals surface area contributed by atoms with Crippen molar-refractivity contribution >= 4 is 11.6 Å². The van der Waals surface area contributed by atoms with Crippen LogP contribution in [0.15, 0.2) is 39.9 Å². The lowest BCUT2D eigenvalue weighted by Gasteiger charge is -2.29. The van der Waals surface area contributed by atoms with Crippen LogP contribution in [0.3, 0.4) is 0 Å². The van der Waals surface area contributed by atoms with Gasteiger partial charge >= 0.3 is 5.91 Å². The van der Waals surface area contributed by atoms with Gasteiger partial charge in [0, 0.05) is 6.42 Å². The van der Waals surface area contributed by atoms with Crippen LogP contribution in [0.1, 0.15) is 33.9 Å². The Bertz CT molecular complexity index is 944. The number of aliphatic hydroxyl groups is 1. The molecule has 1 amide bonds. The number of carbonyl (C=O) groups excluding carboxylic acids is 1. The van der Waals surface area contributed by atoms with Crippen LogP contribution in [-0.2, 0) is 6.61 Å². The first kappa shape index (κ1) is 20.8. The molecule has 0 fully saturated rings. The smallest absolute Gasteiger partial charge is 0.312 e. The second kappa shape index (κ2) is 7.86. The molecular formula is C19H18F4N2O4. The average Bonchev–Trinajstić information content (AvgIpc) is 3.27. The van der Waals surface area contributed by atoms with E-state index in [4.69, 9.17) is 9.15 Å². The second-order valence-corrected chi connectivity index (χ2v) is 6.69. The number of furan rings is 1. The van der Waals surface area contributed by atoms with Crippen molar-refractivity contribution in [3.05, 3.63) is 53.0 Å². The van der Waals surface area contributed by atoms with Gasteiger partial charge in [-0.2, -0.15) is 10.1 Å². The Labute approximate surface area is 163 Å². The molecule has 3 rings (SSSR count). The van der Waals surface area contributed by atoms with Crippen molar-refractivity contribution in [2.24, 2.45) is 5.10 Å². The van der Waals surface area contributed by atoms with Gasteiger partial charge in [0.1, 0.15) is 23.8 Å². The quantitative estimate of drug-likeness (QED) is 0.728. The van der Waals surface area contributed by atoms with Crippen LogP contribution in [0.4, 0.5) is 17.6 Å². The van der Waals surface area contributed by atoms with E-state index in [2.05, 4.69) is 5.10 Å². The first-order valence-corrected chi connectivity index (χ1v) is 8.61. The molecule has 0 saturated heterocycles. The maximum atomic E-state index is 13.3. The highest BCUT2D eigenvalue weighted by molar-refractivity contribution is 5.97. The van der Waals surface area contributed by atoms with Crippen molar-refractivity contribution < 1.29 is 36.6 Å². The Morgan fingerprint density at radius 1 is 1.28 bits per heavy atom. The van der Waals surface area contributed by atoms with Gasteiger partial charge in [0.25, 0.3) is 12.9 Å². The molecule has 0 bridgehead atoms. The van der Waals surface area contributed by atoms with Crippen molar-refractivity contribution in [3.8, 4) is 5.75 Å². The maximum Gasteiger partial charge on any atom is 0.312 e. The van der Waals surface area contributed by atoms with Crippen LogP contribution in [0.5, 0.6) is 5.75 Å². The first-order chi connectivity index (χ1) is 13.6. The van der Waals surface area contributed by atoms with E-state index in [0.717, 1.165) is 11.1 Å². The number of nitrogens with zero attached hydrogens (tertiary/aromatic N) is 2. The van der Waals surface area contributed by atoms with Crippen LogP contribution in [-0.4, -0.2) is 40.3 Å². The van der Waals surface area contributed by atoms with E-state index < -0.39 is 42.4 Å². The lowest BCUT2D eigenvalue weighted by Crippen LogP contribution is -2.51. The van der Waals surface area contributed by atoms with Crippen LogP contribution < -0.4 is 4.74 Å². The molecule has 10 heteroatoms. The molecule has 2 heterocycles. The molecule has 0 aliphatic carbocycles. The summed E-state index contributed by atoms with van der Waals surface area (Å²) in [5.41, 5.74) is -2.31. The zero-order valence-corrected chi connectivity index (χ0v) is 15.5. The molecule has 1 N–H and O–H groups in total. The van der Waals surface area contributed by atoms with E-state index in [1.54, 1.807) is 0 Å². The van der Waals surface area contributed by atoms with Gasteiger partial charge in [0.15, 0.2) is 5.76 Å². The van der Waals surface area contributed by atoms with Gasteiger partial charge in [-0.15, -0.1) is 0 Å². The lowest BCUT2D eigenvalue weighted by atomic mass is 10.1. The third-order valence-electron chi connectivity index (χ3n) is 4.42. The highest BCUT2D eigenvalue weighted by atomic mass is 19.3. The van der Waals surface area contributed by atoms with Crippen molar-refractivity contribution in [2.45, 2.75) is 45.5 Å². The minimum absolute atomic E-state index is 0.0483. The summed E-state index contributed by atoms with van der Waals surface area (Å²) in [7, 11) is 0. The predicted octanol–water partition coefficient (Wildman–Crippen LogP) is 3.90. The largest absolute Gasteiger partial charge is 0.485 e. The van der Waals surface area contributed by atoms with Gasteiger partial charge in [-0.3, -0.25) is 4.79 Å². The number of rotatable bonds is 6. The Balaban J connectivity index is 1.76. The molecule has 1 aromatic heterocycles. The number of benzene rings is 1. The van der Waals surface area contributed by atoms with Crippen LogP contribution in [0.25, 0.3) is 0 Å². The van der Waals surface area contributed by atoms with Gasteiger partial charge in [-0.05, 0) is 43.2 Å². The van der Waals surface area contributed by atoms with Crippen LogP contribution in [0.2, 0.25) is 0 Å². The SMILES string of the molecule is Cc1ccc(C)c(OCc2ccc(C(=O)N3N=C(C(F)F)C[C@@]3(O)C(F)F)o2)c1. The van der Waals surface area contributed by atoms with E-state index in [1.165, 1.54) is 12.1 Å². The van der Waals surface area contributed by atoms with Crippen LogP contribution >= 0.6 is 0 Å². The average molecular weight is 414 g/mol. The highest BCUT2D eigenvalue weighted by Crippen LogP contribution is 2.34.